The summed E-state index contributed by atoms with van der Waals surface area (Å²) in [7, 11) is 0. The molecule has 0 aromatic carbocycles. The van der Waals surface area contributed by atoms with Gasteiger partial charge >= 0.3 is 5.97 Å². The Morgan fingerprint density at radius 3 is 2.50 bits per heavy atom. The summed E-state index contributed by atoms with van der Waals surface area (Å²) < 4.78 is 0. The van der Waals surface area contributed by atoms with Crippen LogP contribution >= 0.6 is 0 Å². The molecule has 0 saturated heterocycles. The number of pyridine rings is 1. The van der Waals surface area contributed by atoms with Crippen LogP contribution in [-0.4, -0.2) is 16.1 Å². The molecular weight excluding hydrogens is 224 g/mol. The van der Waals surface area contributed by atoms with Crippen molar-refractivity contribution in [2.45, 2.75) is 0 Å². The van der Waals surface area contributed by atoms with E-state index in [1.165, 1.54) is 12.3 Å². The van der Waals surface area contributed by atoms with E-state index >= 15 is 0 Å². The minimum atomic E-state index is -0.990. The second kappa shape index (κ2) is 4.15. The number of hydrogen-bond donors (Lipinski definition) is 1. The van der Waals surface area contributed by atoms with Crippen LogP contribution in [0.3, 0.4) is 0 Å². The predicted molar refractivity (Wildman–Crippen MR) is 31.2 cm³/mol. The number of carbonyl (C=O) groups is 1. The second-order valence-corrected chi connectivity index (χ2v) is 1.52. The molecule has 56 valence electrons. The zero-order valence-electron chi connectivity index (χ0n) is 4.93. The van der Waals surface area contributed by atoms with Crippen molar-refractivity contribution in [3.8, 4) is 0 Å². The molecule has 1 heterocycles. The summed E-state index contributed by atoms with van der Waals surface area (Å²) in [5.74, 6) is -0.990. The first kappa shape index (κ1) is 9.28. The third kappa shape index (κ3) is 2.26. The second-order valence-electron chi connectivity index (χ2n) is 1.52. The van der Waals surface area contributed by atoms with Crippen molar-refractivity contribution in [1.82, 2.24) is 4.98 Å². The molecule has 0 unspecified atom stereocenters. The molecule has 0 aliphatic carbocycles. The maximum Gasteiger partial charge on any atom is 0.354 e. The van der Waals surface area contributed by atoms with Crippen LogP contribution in [0, 0.1) is 0 Å². The average molecular weight is 230 g/mol. The largest absolute Gasteiger partial charge is 0.477 e. The molecule has 0 atom stereocenters. The van der Waals surface area contributed by atoms with Crippen molar-refractivity contribution < 1.29 is 30.3 Å². The van der Waals surface area contributed by atoms with Crippen molar-refractivity contribution in [2.75, 3.05) is 0 Å². The number of rotatable bonds is 1. The summed E-state index contributed by atoms with van der Waals surface area (Å²) >= 11 is 0. The first-order chi connectivity index (χ1) is 4.30. The predicted octanol–water partition coefficient (Wildman–Crippen LogP) is 0.777. The molecule has 0 spiro atoms. The van der Waals surface area contributed by atoms with Crippen molar-refractivity contribution in [3.63, 3.8) is 0 Å². The summed E-state index contributed by atoms with van der Waals surface area (Å²) in [6.45, 7) is 0. The number of aromatic nitrogens is 1. The van der Waals surface area contributed by atoms with Gasteiger partial charge in [0.25, 0.3) is 0 Å². The van der Waals surface area contributed by atoms with Gasteiger partial charge in [-0.2, -0.15) is 0 Å². The van der Waals surface area contributed by atoms with Crippen molar-refractivity contribution in [3.05, 3.63) is 30.1 Å². The van der Waals surface area contributed by atoms with Gasteiger partial charge in [-0.05, 0) is 12.1 Å². The van der Waals surface area contributed by atoms with Crippen LogP contribution < -0.4 is 0 Å². The van der Waals surface area contributed by atoms with E-state index < -0.39 is 5.97 Å². The van der Waals surface area contributed by atoms with Crippen LogP contribution in [0.15, 0.2) is 24.4 Å². The Morgan fingerprint density at radius 2 is 2.20 bits per heavy atom. The summed E-state index contributed by atoms with van der Waals surface area (Å²) in [5.41, 5.74) is 0.0810. The fourth-order valence-corrected chi connectivity index (χ4v) is 0.489. The Balaban J connectivity index is 0.000000810. The molecule has 1 rings (SSSR count). The normalized spacial score (nSPS) is 8.00. The van der Waals surface area contributed by atoms with Gasteiger partial charge in [0.2, 0.25) is 0 Å². The standard InChI is InChI=1S/C6H5NO2.Pd/c8-6(9)5-3-1-2-4-7-5;/h1-4H,(H,8,9);. The minimum Gasteiger partial charge on any atom is -0.477 e. The van der Waals surface area contributed by atoms with Gasteiger partial charge in [0.05, 0.1) is 0 Å². The van der Waals surface area contributed by atoms with E-state index in [2.05, 4.69) is 4.98 Å². The van der Waals surface area contributed by atoms with Gasteiger partial charge in [-0.15, -0.1) is 0 Å². The van der Waals surface area contributed by atoms with Crippen molar-refractivity contribution >= 4 is 5.97 Å². The molecule has 0 radical (unpaired) electrons. The van der Waals surface area contributed by atoms with Crippen LogP contribution in [0.25, 0.3) is 0 Å². The molecule has 3 nitrogen and oxygen atoms in total. The summed E-state index contributed by atoms with van der Waals surface area (Å²) in [6, 6.07) is 4.76. The van der Waals surface area contributed by atoms with E-state index in [-0.39, 0.29) is 26.1 Å². The smallest absolute Gasteiger partial charge is 0.354 e. The summed E-state index contributed by atoms with van der Waals surface area (Å²) in [4.78, 5) is 13.7. The number of nitrogens with zero attached hydrogens (tertiary/aromatic N) is 1. The first-order valence-electron chi connectivity index (χ1n) is 2.45. The quantitative estimate of drug-likeness (QED) is 0.724. The van der Waals surface area contributed by atoms with E-state index in [0.717, 1.165) is 0 Å². The van der Waals surface area contributed by atoms with Gasteiger partial charge in [-0.1, -0.05) is 6.07 Å². The van der Waals surface area contributed by atoms with Crippen molar-refractivity contribution in [2.24, 2.45) is 0 Å². The van der Waals surface area contributed by atoms with Crippen LogP contribution in [0.4, 0.5) is 0 Å². The SMILES string of the molecule is O=C(O)c1ccccn1.[Pd]. The Kier molecular flexibility index (Phi) is 3.86. The molecule has 1 aromatic rings. The molecule has 0 fully saturated rings. The Labute approximate surface area is 71.8 Å². The Hall–Kier alpha value is -0.718. The molecule has 10 heavy (non-hydrogen) atoms. The van der Waals surface area contributed by atoms with Gasteiger partial charge in [-0.25, -0.2) is 9.78 Å². The Morgan fingerprint density at radius 1 is 1.50 bits per heavy atom. The maximum absolute atomic E-state index is 10.1. The third-order valence-electron chi connectivity index (χ3n) is 0.884. The zero-order chi connectivity index (χ0) is 6.69. The van der Waals surface area contributed by atoms with Crippen molar-refractivity contribution in [1.29, 1.82) is 0 Å². The minimum absolute atomic E-state index is 0. The van der Waals surface area contributed by atoms with Crippen LogP contribution in [0.5, 0.6) is 0 Å². The van der Waals surface area contributed by atoms with Gasteiger partial charge < -0.3 is 5.11 Å². The third-order valence-corrected chi connectivity index (χ3v) is 0.884. The Bertz CT molecular complexity index is 212. The molecule has 0 aliphatic heterocycles. The van der Waals surface area contributed by atoms with Gasteiger partial charge in [0.1, 0.15) is 5.69 Å². The molecule has 0 saturated carbocycles. The van der Waals surface area contributed by atoms with Gasteiger partial charge in [-0.3, -0.25) is 0 Å². The summed E-state index contributed by atoms with van der Waals surface area (Å²) in [5, 5.41) is 8.32. The monoisotopic (exact) mass is 229 g/mol. The van der Waals surface area contributed by atoms with Gasteiger partial charge in [0.15, 0.2) is 0 Å². The van der Waals surface area contributed by atoms with E-state index in [1.807, 2.05) is 0 Å². The number of hydrogen-bond acceptors (Lipinski definition) is 2. The van der Waals surface area contributed by atoms with E-state index in [0.29, 0.717) is 0 Å². The van der Waals surface area contributed by atoms with E-state index in [1.54, 1.807) is 12.1 Å². The first-order valence-corrected chi connectivity index (χ1v) is 2.45. The van der Waals surface area contributed by atoms with Gasteiger partial charge in [0, 0.05) is 26.6 Å². The van der Waals surface area contributed by atoms with Crippen LogP contribution in [0.1, 0.15) is 10.5 Å². The average Bonchev–Trinajstić information content (AvgIpc) is 1.90. The zero-order valence-corrected chi connectivity index (χ0v) is 6.48. The molecule has 1 N–H and O–H groups in total. The van der Waals surface area contributed by atoms with Crippen LogP contribution in [0.2, 0.25) is 0 Å². The number of carboxylic acids is 1. The molecule has 0 amide bonds. The molecular formula is C6H5NO2Pd. The fraction of sp³-hybridized carbons (Fsp3) is 0. The van der Waals surface area contributed by atoms with Crippen LogP contribution in [-0.2, 0) is 20.4 Å². The molecule has 4 heteroatoms. The molecule has 1 aromatic heterocycles. The number of carboxylic acid groups (broad SMARTS) is 1. The molecule has 0 bridgehead atoms. The maximum atomic E-state index is 10.1. The van der Waals surface area contributed by atoms with E-state index in [9.17, 15) is 4.79 Å². The number of aromatic carboxylic acids is 1. The molecule has 0 aliphatic rings. The van der Waals surface area contributed by atoms with E-state index in [4.69, 9.17) is 5.11 Å². The summed E-state index contributed by atoms with van der Waals surface area (Å²) in [6.07, 6.45) is 1.45. The fourth-order valence-electron chi connectivity index (χ4n) is 0.489. The topological polar surface area (TPSA) is 50.2 Å².